The minimum Gasteiger partial charge on any atom is -0.372 e. The van der Waals surface area contributed by atoms with Crippen LogP contribution in [0.2, 0.25) is 0 Å². The van der Waals surface area contributed by atoms with Gasteiger partial charge in [0, 0.05) is 82.7 Å². The van der Waals surface area contributed by atoms with Crippen LogP contribution in [-0.2, 0) is 4.74 Å². The summed E-state index contributed by atoms with van der Waals surface area (Å²) in [5.41, 5.74) is 7.66. The maximum absolute atomic E-state index is 12.5. The standard InChI is InChI=1S/C27H41N9O2/c1-3-35-26-19-33(20-36(25(26)16-29-35)34-17-23-8-9-24(18-34)38-23)22-6-4-21(5-7-22)30-27(37)28-10-11-32-14-12-31(2)13-15-32/h4-7,16,19,23-24,29H,3,8-15,17-18,20H2,1-2H3,(H2,28,30,37). The molecule has 2 amide bonds. The van der Waals surface area contributed by atoms with E-state index in [0.717, 1.165) is 83.2 Å². The molecule has 5 heterocycles. The normalized spacial score (nSPS) is 26.1. The number of hydrogen-bond donors (Lipinski definition) is 3. The summed E-state index contributed by atoms with van der Waals surface area (Å²) in [6.07, 6.45) is 7.28. The van der Waals surface area contributed by atoms with Crippen LogP contribution in [0.5, 0.6) is 0 Å². The molecule has 5 aliphatic heterocycles. The minimum atomic E-state index is -0.162. The number of nitrogens with one attached hydrogen (secondary N) is 3. The molecule has 2 unspecified atom stereocenters. The third-order valence-electron chi connectivity index (χ3n) is 8.20. The van der Waals surface area contributed by atoms with Crippen molar-refractivity contribution in [3.05, 3.63) is 48.1 Å². The Morgan fingerprint density at radius 2 is 1.79 bits per heavy atom. The molecular formula is C27H41N9O2. The van der Waals surface area contributed by atoms with Crippen LogP contribution < -0.4 is 21.0 Å². The quantitative estimate of drug-likeness (QED) is 0.492. The van der Waals surface area contributed by atoms with Crippen LogP contribution in [0.25, 0.3) is 0 Å². The van der Waals surface area contributed by atoms with Crippen molar-refractivity contribution in [2.75, 3.05) is 82.8 Å². The van der Waals surface area contributed by atoms with Gasteiger partial charge in [-0.25, -0.2) is 9.80 Å². The Morgan fingerprint density at radius 3 is 2.50 bits per heavy atom. The first kappa shape index (κ1) is 25.3. The van der Waals surface area contributed by atoms with Gasteiger partial charge in [-0.3, -0.25) is 14.9 Å². The lowest BCUT2D eigenvalue weighted by Gasteiger charge is -2.46. The highest BCUT2D eigenvalue weighted by molar-refractivity contribution is 5.89. The molecule has 3 saturated heterocycles. The van der Waals surface area contributed by atoms with Crippen molar-refractivity contribution >= 4 is 17.4 Å². The molecule has 2 bridgehead atoms. The number of morpholine rings is 1. The predicted octanol–water partition coefficient (Wildman–Crippen LogP) is 1.44. The summed E-state index contributed by atoms with van der Waals surface area (Å²) in [6.45, 7) is 11.4. The van der Waals surface area contributed by atoms with E-state index >= 15 is 0 Å². The van der Waals surface area contributed by atoms with Crippen LogP contribution in [0.4, 0.5) is 16.2 Å². The summed E-state index contributed by atoms with van der Waals surface area (Å²) in [6, 6.07) is 7.94. The lowest BCUT2D eigenvalue weighted by molar-refractivity contribution is -0.114. The number of ether oxygens (including phenoxy) is 1. The number of nitrogens with zero attached hydrogens (tertiary/aromatic N) is 6. The van der Waals surface area contributed by atoms with E-state index in [0.29, 0.717) is 18.8 Å². The number of carbonyl (C=O) groups is 1. The van der Waals surface area contributed by atoms with Crippen molar-refractivity contribution in [2.24, 2.45) is 0 Å². The smallest absolute Gasteiger partial charge is 0.319 e. The van der Waals surface area contributed by atoms with Crippen molar-refractivity contribution in [1.82, 2.24) is 35.6 Å². The van der Waals surface area contributed by atoms with E-state index in [4.69, 9.17) is 4.74 Å². The average molecular weight is 524 g/mol. The number of hydrazine groups is 2. The molecule has 0 radical (unpaired) electrons. The van der Waals surface area contributed by atoms with Crippen LogP contribution >= 0.6 is 0 Å². The lowest BCUT2D eigenvalue weighted by Crippen LogP contribution is -2.56. The number of rotatable bonds is 7. The molecule has 38 heavy (non-hydrogen) atoms. The highest BCUT2D eigenvalue weighted by Crippen LogP contribution is 2.35. The summed E-state index contributed by atoms with van der Waals surface area (Å²) in [5, 5.41) is 13.0. The SMILES string of the molecule is CCN1NC=C2C1=CN(c1ccc(NC(=O)NCCN3CCN(C)CC3)cc1)CN2N1CC2CCC(C1)O2. The Morgan fingerprint density at radius 1 is 1.05 bits per heavy atom. The first-order valence-corrected chi connectivity index (χ1v) is 14.0. The Labute approximate surface area is 225 Å². The van der Waals surface area contributed by atoms with Gasteiger partial charge in [0.2, 0.25) is 0 Å². The number of hydrogen-bond acceptors (Lipinski definition) is 9. The van der Waals surface area contributed by atoms with Crippen LogP contribution in [0.3, 0.4) is 0 Å². The minimum absolute atomic E-state index is 0.162. The molecule has 0 aliphatic carbocycles. The van der Waals surface area contributed by atoms with Gasteiger partial charge < -0.3 is 30.6 Å². The van der Waals surface area contributed by atoms with Crippen LogP contribution in [0.15, 0.2) is 48.1 Å². The van der Waals surface area contributed by atoms with E-state index in [9.17, 15) is 4.79 Å². The number of urea groups is 1. The van der Waals surface area contributed by atoms with Gasteiger partial charge in [0.1, 0.15) is 6.67 Å². The molecule has 11 heteroatoms. The summed E-state index contributed by atoms with van der Waals surface area (Å²) in [4.78, 5) is 19.5. The van der Waals surface area contributed by atoms with Gasteiger partial charge in [-0.2, -0.15) is 0 Å². The van der Waals surface area contributed by atoms with Crippen LogP contribution in [-0.4, -0.2) is 116 Å². The van der Waals surface area contributed by atoms with E-state index in [1.54, 1.807) is 0 Å². The second kappa shape index (κ2) is 11.0. The molecule has 0 spiro atoms. The van der Waals surface area contributed by atoms with Crippen molar-refractivity contribution in [3.63, 3.8) is 0 Å². The molecule has 1 aromatic carbocycles. The monoisotopic (exact) mass is 523 g/mol. The zero-order valence-electron chi connectivity index (χ0n) is 22.6. The van der Waals surface area contributed by atoms with Crippen molar-refractivity contribution in [1.29, 1.82) is 0 Å². The Balaban J connectivity index is 1.07. The number of amides is 2. The second-order valence-corrected chi connectivity index (χ2v) is 10.8. The third kappa shape index (κ3) is 5.42. The highest BCUT2D eigenvalue weighted by Gasteiger charge is 2.40. The Bertz CT molecular complexity index is 1040. The topological polar surface area (TPSA) is 81.8 Å². The molecule has 6 rings (SSSR count). The Hall–Kier alpha value is -2.99. The first-order chi connectivity index (χ1) is 18.6. The number of benzene rings is 1. The molecular weight excluding hydrogens is 482 g/mol. The van der Waals surface area contributed by atoms with E-state index < -0.39 is 0 Å². The summed E-state index contributed by atoms with van der Waals surface area (Å²) in [7, 11) is 2.15. The second-order valence-electron chi connectivity index (χ2n) is 10.8. The van der Waals surface area contributed by atoms with Crippen molar-refractivity contribution in [3.8, 4) is 0 Å². The van der Waals surface area contributed by atoms with E-state index in [-0.39, 0.29) is 6.03 Å². The zero-order valence-corrected chi connectivity index (χ0v) is 22.6. The fraction of sp³-hybridized carbons (Fsp3) is 0.593. The summed E-state index contributed by atoms with van der Waals surface area (Å²) in [5.74, 6) is 0. The van der Waals surface area contributed by atoms with Crippen molar-refractivity contribution < 1.29 is 9.53 Å². The fourth-order valence-electron chi connectivity index (χ4n) is 5.93. The molecule has 206 valence electrons. The van der Waals surface area contributed by atoms with Crippen LogP contribution in [0.1, 0.15) is 19.8 Å². The first-order valence-electron chi connectivity index (χ1n) is 14.0. The van der Waals surface area contributed by atoms with E-state index in [2.05, 4.69) is 84.3 Å². The van der Waals surface area contributed by atoms with Gasteiger partial charge in [-0.15, -0.1) is 0 Å². The number of likely N-dealkylation sites (N-methyl/N-ethyl adjacent to an activating group) is 2. The average Bonchev–Trinajstić information content (AvgIpc) is 3.51. The zero-order chi connectivity index (χ0) is 26.1. The number of piperazine rings is 1. The molecule has 1 aromatic rings. The Kier molecular flexibility index (Phi) is 7.33. The fourth-order valence-corrected chi connectivity index (χ4v) is 5.93. The maximum Gasteiger partial charge on any atom is 0.319 e. The molecule has 3 N–H and O–H groups in total. The molecule has 0 saturated carbocycles. The van der Waals surface area contributed by atoms with Gasteiger partial charge in [0.05, 0.1) is 23.6 Å². The largest absolute Gasteiger partial charge is 0.372 e. The van der Waals surface area contributed by atoms with E-state index in [1.807, 2.05) is 12.1 Å². The highest BCUT2D eigenvalue weighted by atomic mass is 16.5. The van der Waals surface area contributed by atoms with Gasteiger partial charge >= 0.3 is 6.03 Å². The molecule has 11 nitrogen and oxygen atoms in total. The number of carbonyl (C=O) groups excluding carboxylic acids is 1. The summed E-state index contributed by atoms with van der Waals surface area (Å²) >= 11 is 0. The lowest BCUT2D eigenvalue weighted by atomic mass is 10.2. The number of anilines is 2. The number of fused-ring (bicyclic) bond motifs is 3. The van der Waals surface area contributed by atoms with E-state index in [1.165, 1.54) is 11.4 Å². The van der Waals surface area contributed by atoms with Crippen LogP contribution in [0, 0.1) is 0 Å². The van der Waals surface area contributed by atoms with Gasteiger partial charge in [-0.05, 0) is 51.1 Å². The molecule has 2 atom stereocenters. The van der Waals surface area contributed by atoms with Gasteiger partial charge in [0.15, 0.2) is 0 Å². The molecule has 0 aromatic heterocycles. The van der Waals surface area contributed by atoms with Gasteiger partial charge in [-0.1, -0.05) is 0 Å². The molecule has 5 aliphatic rings. The summed E-state index contributed by atoms with van der Waals surface area (Å²) < 4.78 is 6.10. The third-order valence-corrected chi connectivity index (χ3v) is 8.20. The molecule has 3 fully saturated rings. The van der Waals surface area contributed by atoms with Crippen molar-refractivity contribution in [2.45, 2.75) is 32.0 Å². The van der Waals surface area contributed by atoms with Gasteiger partial charge in [0.25, 0.3) is 0 Å². The predicted molar refractivity (Wildman–Crippen MR) is 148 cm³/mol. The maximum atomic E-state index is 12.5.